The normalized spacial score (nSPS) is 27.1. The first kappa shape index (κ1) is 19.7. The maximum atomic E-state index is 12.5. The van der Waals surface area contributed by atoms with Gasteiger partial charge in [-0.1, -0.05) is 6.92 Å². The molecule has 5 heteroatoms. The molecule has 2 aliphatic heterocycles. The Morgan fingerprint density at radius 1 is 1.36 bits per heavy atom. The summed E-state index contributed by atoms with van der Waals surface area (Å²) in [6.45, 7) is 9.93. The van der Waals surface area contributed by atoms with Crippen molar-refractivity contribution in [2.24, 2.45) is 17.8 Å². The van der Waals surface area contributed by atoms with Crippen molar-refractivity contribution in [3.8, 4) is 0 Å². The van der Waals surface area contributed by atoms with E-state index in [1.54, 1.807) is 0 Å². The maximum absolute atomic E-state index is 12.5. The molecule has 0 spiro atoms. The monoisotopic (exact) mass is 332 g/mol. The number of piperidine rings is 2. The zero-order valence-electron chi connectivity index (χ0n) is 14.2. The van der Waals surface area contributed by atoms with Crippen LogP contribution < -0.4 is 5.32 Å². The van der Waals surface area contributed by atoms with Crippen LogP contribution in [0.25, 0.3) is 0 Å². The minimum atomic E-state index is 0. The Balaban J connectivity index is 0.00000242. The summed E-state index contributed by atoms with van der Waals surface area (Å²) in [7, 11) is 0. The van der Waals surface area contributed by atoms with Gasteiger partial charge >= 0.3 is 0 Å². The number of nitrogens with one attached hydrogen (secondary N) is 1. The summed E-state index contributed by atoms with van der Waals surface area (Å²) >= 11 is 0. The lowest BCUT2D eigenvalue weighted by Crippen LogP contribution is -2.42. The summed E-state index contributed by atoms with van der Waals surface area (Å²) in [4.78, 5) is 14.6. The molecule has 0 aromatic heterocycles. The molecule has 0 radical (unpaired) electrons. The third-order valence-corrected chi connectivity index (χ3v) is 5.07. The van der Waals surface area contributed by atoms with Crippen LogP contribution >= 0.6 is 12.4 Å². The number of ether oxygens (including phenoxy) is 1. The maximum Gasteiger partial charge on any atom is 0.222 e. The summed E-state index contributed by atoms with van der Waals surface area (Å²) in [5.41, 5.74) is 0. The van der Waals surface area contributed by atoms with Crippen molar-refractivity contribution in [2.45, 2.75) is 46.0 Å². The molecule has 2 aliphatic rings. The van der Waals surface area contributed by atoms with Crippen molar-refractivity contribution in [2.75, 3.05) is 39.4 Å². The first-order chi connectivity index (χ1) is 10.2. The molecule has 4 nitrogen and oxygen atoms in total. The number of likely N-dealkylation sites (tertiary alicyclic amines) is 1. The molecule has 0 aromatic carbocycles. The largest absolute Gasteiger partial charge is 0.381 e. The van der Waals surface area contributed by atoms with E-state index in [-0.39, 0.29) is 12.4 Å². The van der Waals surface area contributed by atoms with Crippen molar-refractivity contribution in [3.63, 3.8) is 0 Å². The van der Waals surface area contributed by atoms with Crippen molar-refractivity contribution >= 4 is 18.3 Å². The first-order valence-electron chi connectivity index (χ1n) is 8.77. The smallest absolute Gasteiger partial charge is 0.222 e. The number of carbonyl (C=O) groups is 1. The van der Waals surface area contributed by atoms with Gasteiger partial charge in [0.2, 0.25) is 5.91 Å². The molecule has 3 unspecified atom stereocenters. The second-order valence-electron chi connectivity index (χ2n) is 6.80. The number of amides is 1. The Bertz CT molecular complexity index is 322. The molecule has 2 fully saturated rings. The van der Waals surface area contributed by atoms with Crippen LogP contribution in [0.4, 0.5) is 0 Å². The van der Waals surface area contributed by atoms with Crippen LogP contribution in [0, 0.1) is 17.8 Å². The van der Waals surface area contributed by atoms with Crippen LogP contribution in [-0.2, 0) is 9.53 Å². The zero-order chi connectivity index (χ0) is 15.1. The fraction of sp³-hybridized carbons (Fsp3) is 0.941. The van der Waals surface area contributed by atoms with Crippen LogP contribution in [0.5, 0.6) is 0 Å². The lowest BCUT2D eigenvalue weighted by molar-refractivity contribution is -0.134. The molecular weight excluding hydrogens is 300 g/mol. The van der Waals surface area contributed by atoms with Gasteiger partial charge in [-0.2, -0.15) is 0 Å². The molecule has 1 N–H and O–H groups in total. The van der Waals surface area contributed by atoms with Crippen molar-refractivity contribution in [1.29, 1.82) is 0 Å². The van der Waals surface area contributed by atoms with E-state index in [1.165, 1.54) is 19.3 Å². The SMILES string of the molecule is CCOCC1CCCN(C(=O)CC(C)C2CCCNC2)C1.Cl. The Labute approximate surface area is 141 Å². The van der Waals surface area contributed by atoms with Crippen LogP contribution in [0.15, 0.2) is 0 Å². The lowest BCUT2D eigenvalue weighted by atomic mass is 9.85. The number of rotatable bonds is 6. The fourth-order valence-electron chi connectivity index (χ4n) is 3.65. The second-order valence-corrected chi connectivity index (χ2v) is 6.80. The Morgan fingerprint density at radius 2 is 2.18 bits per heavy atom. The van der Waals surface area contributed by atoms with Crippen LogP contribution in [0.3, 0.4) is 0 Å². The summed E-state index contributed by atoms with van der Waals surface area (Å²) in [6, 6.07) is 0. The molecule has 0 saturated carbocycles. The predicted molar refractivity (Wildman–Crippen MR) is 92.4 cm³/mol. The lowest BCUT2D eigenvalue weighted by Gasteiger charge is -2.34. The molecule has 2 rings (SSSR count). The standard InChI is InChI=1S/C17H32N2O2.ClH/c1-3-21-13-15-6-5-9-19(12-15)17(20)10-14(2)16-7-4-8-18-11-16;/h14-16,18H,3-13H2,1-2H3;1H. The van der Waals surface area contributed by atoms with Gasteiger partial charge in [-0.15, -0.1) is 12.4 Å². The van der Waals surface area contributed by atoms with E-state index in [0.29, 0.717) is 30.1 Å². The van der Waals surface area contributed by atoms with Gasteiger partial charge in [0.1, 0.15) is 0 Å². The topological polar surface area (TPSA) is 41.6 Å². The molecule has 1 amide bonds. The van der Waals surface area contributed by atoms with E-state index in [4.69, 9.17) is 4.74 Å². The van der Waals surface area contributed by atoms with Crippen LogP contribution in [-0.4, -0.2) is 50.2 Å². The summed E-state index contributed by atoms with van der Waals surface area (Å²) in [6.07, 6.45) is 5.57. The molecule has 0 aliphatic carbocycles. The van der Waals surface area contributed by atoms with E-state index in [1.807, 2.05) is 6.92 Å². The number of halogens is 1. The molecule has 130 valence electrons. The van der Waals surface area contributed by atoms with Gasteiger partial charge in [-0.25, -0.2) is 0 Å². The summed E-state index contributed by atoms with van der Waals surface area (Å²) < 4.78 is 5.53. The Kier molecular flexibility index (Phi) is 9.37. The Hall–Kier alpha value is -0.320. The summed E-state index contributed by atoms with van der Waals surface area (Å²) in [5, 5.41) is 3.46. The van der Waals surface area contributed by atoms with E-state index in [0.717, 1.165) is 45.8 Å². The second kappa shape index (κ2) is 10.5. The molecular formula is C17H33ClN2O2. The summed E-state index contributed by atoms with van der Waals surface area (Å²) in [5.74, 6) is 2.06. The number of hydrogen-bond acceptors (Lipinski definition) is 3. The van der Waals surface area contributed by atoms with E-state index >= 15 is 0 Å². The fourth-order valence-corrected chi connectivity index (χ4v) is 3.65. The minimum absolute atomic E-state index is 0. The first-order valence-corrected chi connectivity index (χ1v) is 8.77. The number of hydrogen-bond donors (Lipinski definition) is 1. The van der Waals surface area contributed by atoms with Gasteiger partial charge in [-0.05, 0) is 63.5 Å². The molecule has 22 heavy (non-hydrogen) atoms. The highest BCUT2D eigenvalue weighted by atomic mass is 35.5. The van der Waals surface area contributed by atoms with Crippen molar-refractivity contribution in [1.82, 2.24) is 10.2 Å². The van der Waals surface area contributed by atoms with Gasteiger partial charge in [0.25, 0.3) is 0 Å². The average Bonchev–Trinajstić information content (AvgIpc) is 2.54. The highest BCUT2D eigenvalue weighted by Gasteiger charge is 2.27. The number of nitrogens with zero attached hydrogens (tertiary/aromatic N) is 1. The van der Waals surface area contributed by atoms with E-state index < -0.39 is 0 Å². The van der Waals surface area contributed by atoms with Crippen LogP contribution in [0.1, 0.15) is 46.0 Å². The minimum Gasteiger partial charge on any atom is -0.381 e. The van der Waals surface area contributed by atoms with Crippen molar-refractivity contribution < 1.29 is 9.53 Å². The van der Waals surface area contributed by atoms with Crippen LogP contribution in [0.2, 0.25) is 0 Å². The Morgan fingerprint density at radius 3 is 2.86 bits per heavy atom. The molecule has 0 bridgehead atoms. The van der Waals surface area contributed by atoms with Gasteiger partial charge in [-0.3, -0.25) is 4.79 Å². The predicted octanol–water partition coefficient (Wildman–Crippen LogP) is 2.71. The van der Waals surface area contributed by atoms with Crippen molar-refractivity contribution in [3.05, 3.63) is 0 Å². The molecule has 2 saturated heterocycles. The molecule has 2 heterocycles. The van der Waals surface area contributed by atoms with Gasteiger partial charge in [0.15, 0.2) is 0 Å². The molecule has 3 atom stereocenters. The van der Waals surface area contributed by atoms with Gasteiger partial charge in [0.05, 0.1) is 6.61 Å². The third kappa shape index (κ3) is 6.05. The van der Waals surface area contributed by atoms with Gasteiger partial charge in [0, 0.05) is 26.1 Å². The average molecular weight is 333 g/mol. The van der Waals surface area contributed by atoms with E-state index in [2.05, 4.69) is 17.1 Å². The highest BCUT2D eigenvalue weighted by molar-refractivity contribution is 5.85. The highest BCUT2D eigenvalue weighted by Crippen LogP contribution is 2.25. The molecule has 0 aromatic rings. The zero-order valence-corrected chi connectivity index (χ0v) is 15.0. The quantitative estimate of drug-likeness (QED) is 0.813. The third-order valence-electron chi connectivity index (χ3n) is 5.07. The van der Waals surface area contributed by atoms with Gasteiger partial charge < -0.3 is 15.0 Å². The van der Waals surface area contributed by atoms with E-state index in [9.17, 15) is 4.79 Å². The number of carbonyl (C=O) groups excluding carboxylic acids is 1.